The standard InChI is InChI=1S/C23H27NO3/c1-24(2)19-13-14-20(24)16-21(15-19)27-22(25)23(26,17-9-5-3-6-10-17)18-11-7-4-8-12-18/h3-12,19-21H,13-16H2,1-2H3. The SMILES string of the molecule is C[N+]1(C)C2CCC1CC(OC(=O)C([O-])(c1ccccc1)c1ccccc1)C2. The van der Waals surface area contributed by atoms with Crippen LogP contribution in [0.1, 0.15) is 36.8 Å². The maximum atomic E-state index is 13.9. The summed E-state index contributed by atoms with van der Waals surface area (Å²) in [6.45, 7) is 0. The summed E-state index contributed by atoms with van der Waals surface area (Å²) in [5, 5.41) is 13.9. The lowest BCUT2D eigenvalue weighted by Crippen LogP contribution is -2.57. The minimum atomic E-state index is -2.04. The lowest BCUT2D eigenvalue weighted by molar-refractivity contribution is -0.931. The lowest BCUT2D eigenvalue weighted by Gasteiger charge is -2.45. The summed E-state index contributed by atoms with van der Waals surface area (Å²) in [5.41, 5.74) is -1.18. The van der Waals surface area contributed by atoms with Crippen LogP contribution >= 0.6 is 0 Å². The van der Waals surface area contributed by atoms with Crippen molar-refractivity contribution in [2.75, 3.05) is 14.1 Å². The van der Waals surface area contributed by atoms with Gasteiger partial charge in [0.25, 0.3) is 0 Å². The van der Waals surface area contributed by atoms with E-state index < -0.39 is 11.6 Å². The van der Waals surface area contributed by atoms with Crippen molar-refractivity contribution in [3.63, 3.8) is 0 Å². The summed E-state index contributed by atoms with van der Waals surface area (Å²) in [5.74, 6) is -0.684. The van der Waals surface area contributed by atoms with Crippen LogP contribution in [-0.2, 0) is 15.1 Å². The monoisotopic (exact) mass is 365 g/mol. The smallest absolute Gasteiger partial charge is 0.304 e. The molecule has 0 spiro atoms. The molecule has 0 aromatic heterocycles. The number of hydrogen-bond acceptors (Lipinski definition) is 3. The zero-order valence-electron chi connectivity index (χ0n) is 16.0. The van der Waals surface area contributed by atoms with Gasteiger partial charge in [0.05, 0.1) is 26.2 Å². The first-order valence-electron chi connectivity index (χ1n) is 9.78. The van der Waals surface area contributed by atoms with E-state index in [1.54, 1.807) is 48.5 Å². The Morgan fingerprint density at radius 1 is 0.926 bits per heavy atom. The molecule has 27 heavy (non-hydrogen) atoms. The van der Waals surface area contributed by atoms with Gasteiger partial charge in [0.15, 0.2) is 0 Å². The number of ether oxygens (including phenoxy) is 1. The summed E-state index contributed by atoms with van der Waals surface area (Å²) in [6.07, 6.45) is 3.86. The Morgan fingerprint density at radius 2 is 1.37 bits per heavy atom. The maximum Gasteiger partial charge on any atom is 0.304 e. The van der Waals surface area contributed by atoms with Crippen molar-refractivity contribution in [2.24, 2.45) is 0 Å². The van der Waals surface area contributed by atoms with Crippen molar-refractivity contribution in [3.8, 4) is 0 Å². The highest BCUT2D eigenvalue weighted by atomic mass is 16.6. The van der Waals surface area contributed by atoms with Crippen molar-refractivity contribution in [1.82, 2.24) is 0 Å². The van der Waals surface area contributed by atoms with Crippen LogP contribution in [0.25, 0.3) is 0 Å². The molecule has 0 radical (unpaired) electrons. The number of piperidine rings is 1. The third-order valence-corrected chi connectivity index (χ3v) is 6.71. The Morgan fingerprint density at radius 3 is 1.81 bits per heavy atom. The molecule has 2 aromatic carbocycles. The Labute approximate surface area is 161 Å². The number of quaternary nitrogens is 1. The molecule has 2 aromatic rings. The van der Waals surface area contributed by atoms with Gasteiger partial charge in [0, 0.05) is 31.3 Å². The number of fused-ring (bicyclic) bond motifs is 2. The second kappa shape index (κ2) is 6.77. The molecule has 2 fully saturated rings. The van der Waals surface area contributed by atoms with Crippen molar-refractivity contribution in [2.45, 2.75) is 49.5 Å². The number of hydrogen-bond donors (Lipinski definition) is 0. The fourth-order valence-corrected chi connectivity index (χ4v) is 4.91. The zero-order chi connectivity index (χ0) is 19.1. The van der Waals surface area contributed by atoms with Gasteiger partial charge in [-0.15, -0.1) is 0 Å². The third kappa shape index (κ3) is 3.07. The van der Waals surface area contributed by atoms with Gasteiger partial charge in [-0.3, -0.25) is 4.79 Å². The Hall–Kier alpha value is -2.17. The molecule has 0 N–H and O–H groups in total. The van der Waals surface area contributed by atoms with Gasteiger partial charge in [-0.2, -0.15) is 0 Å². The molecule has 2 atom stereocenters. The molecular weight excluding hydrogens is 338 g/mol. The highest BCUT2D eigenvalue weighted by Crippen LogP contribution is 2.41. The molecule has 4 heteroatoms. The van der Waals surface area contributed by atoms with Crippen LogP contribution in [0.4, 0.5) is 0 Å². The summed E-state index contributed by atoms with van der Waals surface area (Å²) in [6, 6.07) is 18.7. The first-order chi connectivity index (χ1) is 12.9. The van der Waals surface area contributed by atoms with E-state index in [0.29, 0.717) is 23.2 Å². The summed E-state index contributed by atoms with van der Waals surface area (Å²) in [7, 11) is 4.54. The topological polar surface area (TPSA) is 49.4 Å². The third-order valence-electron chi connectivity index (χ3n) is 6.71. The van der Waals surface area contributed by atoms with Gasteiger partial charge in [0.1, 0.15) is 6.10 Å². The molecule has 0 amide bonds. The normalized spacial score (nSPS) is 26.6. The van der Waals surface area contributed by atoms with Crippen molar-refractivity contribution in [3.05, 3.63) is 71.8 Å². The molecule has 142 valence electrons. The average Bonchev–Trinajstić information content (AvgIpc) is 2.86. The number of rotatable bonds is 4. The number of carbonyl (C=O) groups is 1. The van der Waals surface area contributed by atoms with Gasteiger partial charge in [-0.1, -0.05) is 60.7 Å². The quantitative estimate of drug-likeness (QED) is 0.618. The summed E-state index contributed by atoms with van der Waals surface area (Å²) in [4.78, 5) is 13.2. The molecule has 2 heterocycles. The predicted molar refractivity (Wildman–Crippen MR) is 102 cm³/mol. The molecular formula is C23H27NO3. The number of esters is 1. The van der Waals surface area contributed by atoms with Gasteiger partial charge < -0.3 is 14.3 Å². The molecule has 4 rings (SSSR count). The number of carbonyl (C=O) groups excluding carboxylic acids is 1. The van der Waals surface area contributed by atoms with Gasteiger partial charge in [-0.25, -0.2) is 0 Å². The van der Waals surface area contributed by atoms with Crippen LogP contribution in [0, 0.1) is 0 Å². The Bertz CT molecular complexity index is 747. The maximum absolute atomic E-state index is 13.9. The van der Waals surface area contributed by atoms with Gasteiger partial charge >= 0.3 is 5.97 Å². The lowest BCUT2D eigenvalue weighted by atomic mass is 9.86. The minimum Gasteiger partial charge on any atom is -0.834 e. The van der Waals surface area contributed by atoms with E-state index in [0.717, 1.165) is 17.3 Å². The predicted octanol–water partition coefficient (Wildman–Crippen LogP) is 2.60. The van der Waals surface area contributed by atoms with E-state index in [9.17, 15) is 9.90 Å². The number of nitrogens with zero attached hydrogens (tertiary/aromatic N) is 1. The minimum absolute atomic E-state index is 0.165. The molecule has 2 bridgehead atoms. The summed E-state index contributed by atoms with van der Waals surface area (Å²) >= 11 is 0. The first kappa shape index (κ1) is 18.2. The summed E-state index contributed by atoms with van der Waals surface area (Å²) < 4.78 is 6.89. The molecule has 2 aliphatic rings. The fraction of sp³-hybridized carbons (Fsp3) is 0.435. The van der Waals surface area contributed by atoms with Gasteiger partial charge in [0.2, 0.25) is 0 Å². The van der Waals surface area contributed by atoms with E-state index in [2.05, 4.69) is 14.1 Å². The van der Waals surface area contributed by atoms with E-state index in [1.807, 2.05) is 12.1 Å². The molecule has 0 saturated carbocycles. The van der Waals surface area contributed by atoms with Crippen molar-refractivity contribution >= 4 is 5.97 Å². The van der Waals surface area contributed by atoms with Gasteiger partial charge in [-0.05, 0) is 11.1 Å². The van der Waals surface area contributed by atoms with E-state index >= 15 is 0 Å². The number of benzene rings is 2. The van der Waals surface area contributed by atoms with E-state index in [1.165, 1.54) is 12.8 Å². The van der Waals surface area contributed by atoms with Crippen molar-refractivity contribution < 1.29 is 19.1 Å². The molecule has 0 aliphatic carbocycles. The molecule has 2 aliphatic heterocycles. The Balaban J connectivity index is 1.61. The zero-order valence-corrected chi connectivity index (χ0v) is 16.0. The van der Waals surface area contributed by atoms with Crippen LogP contribution in [0.3, 0.4) is 0 Å². The molecule has 2 saturated heterocycles. The first-order valence-corrected chi connectivity index (χ1v) is 9.78. The van der Waals surface area contributed by atoms with Crippen LogP contribution in [0.15, 0.2) is 60.7 Å². The van der Waals surface area contributed by atoms with E-state index in [-0.39, 0.29) is 6.10 Å². The van der Waals surface area contributed by atoms with Crippen molar-refractivity contribution in [1.29, 1.82) is 0 Å². The van der Waals surface area contributed by atoms with Crippen LogP contribution in [-0.4, -0.2) is 42.7 Å². The van der Waals surface area contributed by atoms with Crippen LogP contribution < -0.4 is 5.11 Å². The van der Waals surface area contributed by atoms with Crippen LogP contribution in [0.2, 0.25) is 0 Å². The largest absolute Gasteiger partial charge is 0.834 e. The second-order valence-corrected chi connectivity index (χ2v) is 8.43. The molecule has 2 unspecified atom stereocenters. The highest BCUT2D eigenvalue weighted by molar-refractivity contribution is 5.85. The average molecular weight is 365 g/mol. The van der Waals surface area contributed by atoms with E-state index in [4.69, 9.17) is 4.74 Å². The highest BCUT2D eigenvalue weighted by Gasteiger charge is 2.50. The fourth-order valence-electron chi connectivity index (χ4n) is 4.91. The van der Waals surface area contributed by atoms with Crippen LogP contribution in [0.5, 0.6) is 0 Å². The second-order valence-electron chi connectivity index (χ2n) is 8.43. The molecule has 4 nitrogen and oxygen atoms in total. The Kier molecular flexibility index (Phi) is 4.57.